The van der Waals surface area contributed by atoms with Crippen LogP contribution in [0.25, 0.3) is 0 Å². The van der Waals surface area contributed by atoms with Gasteiger partial charge in [0.25, 0.3) is 0 Å². The third kappa shape index (κ3) is 4.32. The van der Waals surface area contributed by atoms with Crippen LogP contribution in [0.3, 0.4) is 0 Å². The Hall–Kier alpha value is -2.22. The number of ketones is 1. The van der Waals surface area contributed by atoms with Crippen molar-refractivity contribution in [2.45, 2.75) is 71.7 Å². The molecule has 0 saturated heterocycles. The fourth-order valence-electron chi connectivity index (χ4n) is 6.46. The molecule has 7 nitrogen and oxygen atoms in total. The molecule has 35 heavy (non-hydrogen) atoms. The van der Waals surface area contributed by atoms with Crippen molar-refractivity contribution in [3.63, 3.8) is 0 Å². The third-order valence-electron chi connectivity index (χ3n) is 8.93. The molecule has 7 heteroatoms. The van der Waals surface area contributed by atoms with Crippen LogP contribution in [0.5, 0.6) is 0 Å². The second kappa shape index (κ2) is 9.02. The van der Waals surface area contributed by atoms with E-state index < -0.39 is 36.3 Å². The molecule has 0 radical (unpaired) electrons. The number of nitrogens with zero attached hydrogens (tertiary/aromatic N) is 1. The van der Waals surface area contributed by atoms with Gasteiger partial charge in [0, 0.05) is 25.1 Å². The molecule has 3 N–H and O–H groups in total. The maximum atomic E-state index is 13.6. The van der Waals surface area contributed by atoms with Gasteiger partial charge in [-0.15, -0.1) is 0 Å². The number of fused-ring (bicyclic) bond motifs is 5. The molecule has 7 atom stereocenters. The summed E-state index contributed by atoms with van der Waals surface area (Å²) >= 11 is 0. The minimum atomic E-state index is -2.10. The molecule has 4 rings (SSSR count). The Labute approximate surface area is 207 Å². The third-order valence-corrected chi connectivity index (χ3v) is 8.93. The summed E-state index contributed by atoms with van der Waals surface area (Å²) in [5.74, 6) is -0.610. The molecule has 3 aliphatic carbocycles. The zero-order chi connectivity index (χ0) is 25.9. The highest BCUT2D eigenvalue weighted by Crippen LogP contribution is 2.65. The largest absolute Gasteiger partial charge is 0.450 e. The normalized spacial score (nSPS) is 38.3. The van der Waals surface area contributed by atoms with Gasteiger partial charge in [0.15, 0.2) is 6.10 Å². The fourth-order valence-corrected chi connectivity index (χ4v) is 6.46. The topological polar surface area (TPSA) is 109 Å². The number of aliphatic hydroxyl groups excluding tert-OH is 2. The second-order valence-electron chi connectivity index (χ2n) is 11.6. The summed E-state index contributed by atoms with van der Waals surface area (Å²) in [6, 6.07) is 3.45. The minimum absolute atomic E-state index is 0.0534. The summed E-state index contributed by atoms with van der Waals surface area (Å²) in [5, 5.41) is 33.4. The van der Waals surface area contributed by atoms with Gasteiger partial charge in [-0.05, 0) is 73.1 Å². The molecule has 0 amide bonds. The molecular formula is C28H39NO6. The van der Waals surface area contributed by atoms with Gasteiger partial charge in [0.2, 0.25) is 0 Å². The van der Waals surface area contributed by atoms with Gasteiger partial charge < -0.3 is 24.6 Å². The molecule has 1 fully saturated rings. The number of Topliss-reactive ketones (excluding diaryl/α,β-unsaturated/α-hetero) is 1. The molecule has 1 saturated carbocycles. The highest BCUT2D eigenvalue weighted by atomic mass is 16.6. The smallest absolute Gasteiger partial charge is 0.355 e. The van der Waals surface area contributed by atoms with Crippen LogP contribution < -0.4 is 0 Å². The van der Waals surface area contributed by atoms with Gasteiger partial charge >= 0.3 is 5.97 Å². The van der Waals surface area contributed by atoms with E-state index in [-0.39, 0.29) is 29.1 Å². The van der Waals surface area contributed by atoms with Crippen LogP contribution in [-0.2, 0) is 16.6 Å². The van der Waals surface area contributed by atoms with E-state index in [4.69, 9.17) is 4.74 Å². The van der Waals surface area contributed by atoms with Crippen molar-refractivity contribution < 1.29 is 29.6 Å². The number of aromatic nitrogens is 1. The maximum Gasteiger partial charge on any atom is 0.355 e. The first-order chi connectivity index (χ1) is 16.3. The van der Waals surface area contributed by atoms with E-state index in [1.54, 1.807) is 36.7 Å². The molecule has 0 spiro atoms. The lowest BCUT2D eigenvalue weighted by Gasteiger charge is -2.39. The predicted molar refractivity (Wildman–Crippen MR) is 132 cm³/mol. The van der Waals surface area contributed by atoms with Gasteiger partial charge in [0.05, 0.1) is 6.61 Å². The zero-order valence-corrected chi connectivity index (χ0v) is 21.6. The van der Waals surface area contributed by atoms with E-state index in [0.29, 0.717) is 23.1 Å². The van der Waals surface area contributed by atoms with Crippen LogP contribution in [0.1, 0.15) is 63.1 Å². The summed E-state index contributed by atoms with van der Waals surface area (Å²) < 4.78 is 7.60. The summed E-state index contributed by atoms with van der Waals surface area (Å²) in [4.78, 5) is 26.8. The summed E-state index contributed by atoms with van der Waals surface area (Å²) in [6.45, 7) is 9.62. The van der Waals surface area contributed by atoms with E-state index >= 15 is 0 Å². The highest BCUT2D eigenvalue weighted by Gasteiger charge is 2.63. The second-order valence-corrected chi connectivity index (χ2v) is 11.6. The quantitative estimate of drug-likeness (QED) is 0.448. The molecule has 2 bridgehead atoms. The molecule has 1 heterocycles. The number of allylic oxidation sites excluding steroid dienone is 2. The van der Waals surface area contributed by atoms with Crippen molar-refractivity contribution in [2.75, 3.05) is 6.61 Å². The van der Waals surface area contributed by atoms with E-state index in [2.05, 4.69) is 20.8 Å². The van der Waals surface area contributed by atoms with Crippen molar-refractivity contribution in [3.05, 3.63) is 46.8 Å². The van der Waals surface area contributed by atoms with Crippen molar-refractivity contribution >= 4 is 11.8 Å². The van der Waals surface area contributed by atoms with Crippen LogP contribution in [0, 0.1) is 36.0 Å². The SMILES string of the molecule is C/C1=C/C[C@H](C)C[C@@H]2[C@H]([C@@H]3C=C(CO)[C@@H](O)[C@@](O)(CC3=O)[C@H]1OC(=O)c1ccc(C)n1C)C2(C)C. The number of carbonyl (C=O) groups excluding carboxylic acids is 2. The Morgan fingerprint density at radius 1 is 1.26 bits per heavy atom. The van der Waals surface area contributed by atoms with Crippen LogP contribution in [0.15, 0.2) is 35.4 Å². The molecule has 1 aromatic heterocycles. The maximum absolute atomic E-state index is 13.6. The Morgan fingerprint density at radius 2 is 1.94 bits per heavy atom. The van der Waals surface area contributed by atoms with Crippen molar-refractivity contribution in [1.82, 2.24) is 4.57 Å². The first kappa shape index (κ1) is 25.9. The van der Waals surface area contributed by atoms with Gasteiger partial charge in [-0.3, -0.25) is 4.79 Å². The molecule has 192 valence electrons. The van der Waals surface area contributed by atoms with Gasteiger partial charge in [-0.2, -0.15) is 0 Å². The monoisotopic (exact) mass is 485 g/mol. The average molecular weight is 486 g/mol. The Bertz CT molecular complexity index is 1080. The minimum Gasteiger partial charge on any atom is -0.450 e. The molecule has 0 aliphatic heterocycles. The van der Waals surface area contributed by atoms with Gasteiger partial charge in [0.1, 0.15) is 23.2 Å². The summed E-state index contributed by atoms with van der Waals surface area (Å²) in [7, 11) is 1.75. The lowest BCUT2D eigenvalue weighted by molar-refractivity contribution is -0.148. The van der Waals surface area contributed by atoms with Gasteiger partial charge in [-0.25, -0.2) is 4.79 Å². The number of aliphatic hydroxyl groups is 3. The molecule has 3 aliphatic rings. The van der Waals surface area contributed by atoms with E-state index in [1.165, 1.54) is 0 Å². The summed E-state index contributed by atoms with van der Waals surface area (Å²) in [6.07, 6.45) is 2.11. The van der Waals surface area contributed by atoms with Crippen LogP contribution in [-0.4, -0.2) is 56.1 Å². The molecule has 0 unspecified atom stereocenters. The van der Waals surface area contributed by atoms with Crippen molar-refractivity contribution in [3.8, 4) is 0 Å². The molecular weight excluding hydrogens is 446 g/mol. The Morgan fingerprint density at radius 3 is 2.54 bits per heavy atom. The predicted octanol–water partition coefficient (Wildman–Crippen LogP) is 3.11. The summed E-state index contributed by atoms with van der Waals surface area (Å²) in [5.41, 5.74) is -0.203. The number of esters is 1. The lowest BCUT2D eigenvalue weighted by atomic mass is 9.79. The first-order valence-corrected chi connectivity index (χ1v) is 12.6. The number of ether oxygens (including phenoxy) is 1. The highest BCUT2D eigenvalue weighted by molar-refractivity contribution is 5.89. The van der Waals surface area contributed by atoms with Crippen LogP contribution in [0.4, 0.5) is 0 Å². The molecule has 0 aromatic carbocycles. The number of aryl methyl sites for hydroxylation is 1. The van der Waals surface area contributed by atoms with Crippen molar-refractivity contribution in [1.29, 1.82) is 0 Å². The standard InChI is InChI=1S/C28H39NO6/c1-15-7-8-16(2)25(35-26(33)21-10-9-17(3)29(21)6)28(34)13-22(31)19(12-18(14-30)24(28)32)23-20(11-15)27(23,4)5/h8-10,12,15,19-20,23-25,30,32,34H,7,11,13-14H2,1-6H3/b16-8-/t15-,19+,20+,23-,24+,25-,28-/m0/s1. The fraction of sp³-hybridized carbons (Fsp3) is 0.643. The number of carbonyl (C=O) groups is 2. The van der Waals surface area contributed by atoms with Crippen LogP contribution >= 0.6 is 0 Å². The zero-order valence-electron chi connectivity index (χ0n) is 21.6. The van der Waals surface area contributed by atoms with E-state index in [1.807, 2.05) is 13.0 Å². The number of rotatable bonds is 3. The Balaban J connectivity index is 1.81. The average Bonchev–Trinajstić information content (AvgIpc) is 3.17. The number of hydrogen-bond acceptors (Lipinski definition) is 6. The lowest BCUT2D eigenvalue weighted by Crippen LogP contribution is -2.56. The first-order valence-electron chi connectivity index (χ1n) is 12.6. The molecule has 1 aromatic rings. The van der Waals surface area contributed by atoms with Gasteiger partial charge in [-0.1, -0.05) is 32.9 Å². The van der Waals surface area contributed by atoms with E-state index in [9.17, 15) is 24.9 Å². The van der Waals surface area contributed by atoms with E-state index in [0.717, 1.165) is 18.5 Å². The van der Waals surface area contributed by atoms with Crippen molar-refractivity contribution in [2.24, 2.45) is 36.1 Å². The Kier molecular flexibility index (Phi) is 6.66. The number of hydrogen-bond donors (Lipinski definition) is 3. The van der Waals surface area contributed by atoms with Crippen LogP contribution in [0.2, 0.25) is 0 Å².